The van der Waals surface area contributed by atoms with Crippen molar-refractivity contribution < 1.29 is 0 Å². The Hall–Kier alpha value is -0.830. The molecule has 1 N–H and O–H groups in total. The Morgan fingerprint density at radius 2 is 1.95 bits per heavy atom. The van der Waals surface area contributed by atoms with Gasteiger partial charge in [0.25, 0.3) is 0 Å². The van der Waals surface area contributed by atoms with E-state index in [-0.39, 0.29) is 0 Å². The van der Waals surface area contributed by atoms with E-state index in [1.807, 2.05) is 6.07 Å². The number of rotatable bonds is 6. The number of halogens is 1. The van der Waals surface area contributed by atoms with Crippen LogP contribution in [0.4, 0.5) is 0 Å². The van der Waals surface area contributed by atoms with Crippen molar-refractivity contribution >= 4 is 22.9 Å². The van der Waals surface area contributed by atoms with Crippen molar-refractivity contribution in [3.8, 4) is 0 Å². The summed E-state index contributed by atoms with van der Waals surface area (Å²) in [6, 6.07) is 11.1. The van der Waals surface area contributed by atoms with E-state index in [4.69, 9.17) is 11.6 Å². The van der Waals surface area contributed by atoms with Gasteiger partial charge in [0.2, 0.25) is 0 Å². The summed E-state index contributed by atoms with van der Waals surface area (Å²) in [7, 11) is 0. The standard InChI is InChI=1S/C16H20ClNS/c1-3-18-15(16-14(17)10-11-19-16)9-8-13-6-4-12(2)5-7-13/h4-7,10-11,15,18H,3,8-9H2,1-2H3. The van der Waals surface area contributed by atoms with Crippen LogP contribution < -0.4 is 5.32 Å². The zero-order valence-corrected chi connectivity index (χ0v) is 13.0. The van der Waals surface area contributed by atoms with Crippen LogP contribution >= 0.6 is 22.9 Å². The van der Waals surface area contributed by atoms with Crippen molar-refractivity contribution in [1.29, 1.82) is 0 Å². The second-order valence-electron chi connectivity index (χ2n) is 4.77. The molecule has 0 aliphatic rings. The molecule has 2 rings (SSSR count). The largest absolute Gasteiger partial charge is 0.309 e. The van der Waals surface area contributed by atoms with Gasteiger partial charge in [0.05, 0.1) is 5.02 Å². The minimum absolute atomic E-state index is 0.360. The highest BCUT2D eigenvalue weighted by Gasteiger charge is 2.15. The fraction of sp³-hybridized carbons (Fsp3) is 0.375. The van der Waals surface area contributed by atoms with Gasteiger partial charge in [-0.3, -0.25) is 0 Å². The first kappa shape index (κ1) is 14.6. The van der Waals surface area contributed by atoms with E-state index in [0.29, 0.717) is 6.04 Å². The van der Waals surface area contributed by atoms with Gasteiger partial charge in [0, 0.05) is 10.9 Å². The molecule has 1 unspecified atom stereocenters. The van der Waals surface area contributed by atoms with Crippen molar-refractivity contribution in [3.05, 3.63) is 56.7 Å². The lowest BCUT2D eigenvalue weighted by Gasteiger charge is -2.17. The van der Waals surface area contributed by atoms with Crippen LogP contribution in [0.2, 0.25) is 5.02 Å². The summed E-state index contributed by atoms with van der Waals surface area (Å²) in [4.78, 5) is 1.26. The molecule has 19 heavy (non-hydrogen) atoms. The van der Waals surface area contributed by atoms with Gasteiger partial charge in [0.1, 0.15) is 0 Å². The van der Waals surface area contributed by atoms with Crippen LogP contribution in [0.25, 0.3) is 0 Å². The summed E-state index contributed by atoms with van der Waals surface area (Å²) in [5.74, 6) is 0. The van der Waals surface area contributed by atoms with Gasteiger partial charge in [-0.1, -0.05) is 48.4 Å². The number of benzene rings is 1. The molecule has 1 nitrogen and oxygen atoms in total. The fourth-order valence-corrected chi connectivity index (χ4v) is 3.49. The summed E-state index contributed by atoms with van der Waals surface area (Å²) in [5.41, 5.74) is 2.70. The van der Waals surface area contributed by atoms with Crippen LogP contribution in [0.1, 0.15) is 35.4 Å². The average Bonchev–Trinajstić information content (AvgIpc) is 2.83. The zero-order valence-electron chi connectivity index (χ0n) is 11.4. The Kier molecular flexibility index (Phi) is 5.44. The van der Waals surface area contributed by atoms with Gasteiger partial charge in [-0.2, -0.15) is 0 Å². The SMILES string of the molecule is CCNC(CCc1ccc(C)cc1)c1sccc1Cl. The van der Waals surface area contributed by atoms with Gasteiger partial charge in [-0.15, -0.1) is 11.3 Å². The fourth-order valence-electron chi connectivity index (χ4n) is 2.19. The Morgan fingerprint density at radius 1 is 1.21 bits per heavy atom. The van der Waals surface area contributed by atoms with Crippen LogP contribution in [-0.2, 0) is 6.42 Å². The molecule has 3 heteroatoms. The summed E-state index contributed by atoms with van der Waals surface area (Å²) < 4.78 is 0. The molecule has 0 spiro atoms. The summed E-state index contributed by atoms with van der Waals surface area (Å²) >= 11 is 7.98. The highest BCUT2D eigenvalue weighted by atomic mass is 35.5. The molecule has 0 amide bonds. The molecule has 1 aromatic heterocycles. The molecule has 0 aliphatic heterocycles. The second-order valence-corrected chi connectivity index (χ2v) is 6.12. The lowest BCUT2D eigenvalue weighted by atomic mass is 10.0. The minimum Gasteiger partial charge on any atom is -0.309 e. The van der Waals surface area contributed by atoms with Crippen LogP contribution in [0, 0.1) is 6.92 Å². The van der Waals surface area contributed by atoms with Gasteiger partial charge >= 0.3 is 0 Å². The third-order valence-electron chi connectivity index (χ3n) is 3.25. The van der Waals surface area contributed by atoms with Crippen molar-refractivity contribution in [2.24, 2.45) is 0 Å². The topological polar surface area (TPSA) is 12.0 Å². The molecular weight excluding hydrogens is 274 g/mol. The van der Waals surface area contributed by atoms with Crippen molar-refractivity contribution in [3.63, 3.8) is 0 Å². The molecule has 2 aromatic rings. The predicted octanol–water partition coefficient (Wildman–Crippen LogP) is 4.99. The quantitative estimate of drug-likeness (QED) is 0.791. The number of aryl methyl sites for hydroxylation is 2. The molecule has 0 aliphatic carbocycles. The highest BCUT2D eigenvalue weighted by Crippen LogP contribution is 2.31. The number of nitrogens with one attached hydrogen (secondary N) is 1. The van der Waals surface area contributed by atoms with E-state index in [1.54, 1.807) is 11.3 Å². The third kappa shape index (κ3) is 4.07. The maximum atomic E-state index is 6.24. The number of thiophene rings is 1. The van der Waals surface area contributed by atoms with Crippen LogP contribution in [0.3, 0.4) is 0 Å². The normalized spacial score (nSPS) is 12.6. The maximum absolute atomic E-state index is 6.24. The molecule has 0 saturated carbocycles. The van der Waals surface area contributed by atoms with E-state index in [0.717, 1.165) is 24.4 Å². The molecular formula is C16H20ClNS. The first-order chi connectivity index (χ1) is 9.20. The Labute approximate surface area is 124 Å². The van der Waals surface area contributed by atoms with Crippen molar-refractivity contribution in [2.45, 2.75) is 32.7 Å². The monoisotopic (exact) mass is 293 g/mol. The molecule has 1 heterocycles. The number of hydrogen-bond donors (Lipinski definition) is 1. The van der Waals surface area contributed by atoms with Gasteiger partial charge in [-0.25, -0.2) is 0 Å². The van der Waals surface area contributed by atoms with E-state index >= 15 is 0 Å². The third-order valence-corrected chi connectivity index (χ3v) is 4.73. The minimum atomic E-state index is 0.360. The van der Waals surface area contributed by atoms with E-state index in [1.165, 1.54) is 16.0 Å². The molecule has 0 bridgehead atoms. The Morgan fingerprint density at radius 3 is 2.53 bits per heavy atom. The molecule has 0 saturated heterocycles. The Bertz CT molecular complexity index is 504. The van der Waals surface area contributed by atoms with Crippen LogP contribution in [0.5, 0.6) is 0 Å². The smallest absolute Gasteiger partial charge is 0.0561 e. The highest BCUT2D eigenvalue weighted by molar-refractivity contribution is 7.10. The van der Waals surface area contributed by atoms with E-state index < -0.39 is 0 Å². The molecule has 0 radical (unpaired) electrons. The summed E-state index contributed by atoms with van der Waals surface area (Å²) in [6.45, 7) is 5.23. The first-order valence-electron chi connectivity index (χ1n) is 6.72. The first-order valence-corrected chi connectivity index (χ1v) is 7.98. The van der Waals surface area contributed by atoms with Gasteiger partial charge in [0.15, 0.2) is 0 Å². The molecule has 1 aromatic carbocycles. The lowest BCUT2D eigenvalue weighted by Crippen LogP contribution is -2.20. The predicted molar refractivity (Wildman–Crippen MR) is 85.2 cm³/mol. The second kappa shape index (κ2) is 7.09. The van der Waals surface area contributed by atoms with Crippen LogP contribution in [-0.4, -0.2) is 6.54 Å². The van der Waals surface area contributed by atoms with Crippen LogP contribution in [0.15, 0.2) is 35.7 Å². The summed E-state index contributed by atoms with van der Waals surface area (Å²) in [5, 5.41) is 6.49. The lowest BCUT2D eigenvalue weighted by molar-refractivity contribution is 0.523. The summed E-state index contributed by atoms with van der Waals surface area (Å²) in [6.07, 6.45) is 2.16. The van der Waals surface area contributed by atoms with Crippen molar-refractivity contribution in [2.75, 3.05) is 6.54 Å². The van der Waals surface area contributed by atoms with E-state index in [9.17, 15) is 0 Å². The zero-order chi connectivity index (χ0) is 13.7. The average molecular weight is 294 g/mol. The molecule has 1 atom stereocenters. The molecule has 102 valence electrons. The molecule has 0 fully saturated rings. The Balaban J connectivity index is 2.01. The number of hydrogen-bond acceptors (Lipinski definition) is 2. The van der Waals surface area contributed by atoms with Gasteiger partial charge in [-0.05, 0) is 43.3 Å². The van der Waals surface area contributed by atoms with E-state index in [2.05, 4.69) is 48.8 Å². The maximum Gasteiger partial charge on any atom is 0.0561 e. The van der Waals surface area contributed by atoms with Gasteiger partial charge < -0.3 is 5.32 Å². The van der Waals surface area contributed by atoms with Crippen molar-refractivity contribution in [1.82, 2.24) is 5.32 Å².